The Bertz CT molecular complexity index is 1400. The van der Waals surface area contributed by atoms with Gasteiger partial charge in [-0.15, -0.1) is 0 Å². The summed E-state index contributed by atoms with van der Waals surface area (Å²) in [5.74, 6) is -1.58. The van der Waals surface area contributed by atoms with Crippen LogP contribution < -0.4 is 19.9 Å². The van der Waals surface area contributed by atoms with E-state index in [1.807, 2.05) is 18.7 Å². The zero-order chi connectivity index (χ0) is 29.0. The molecule has 40 heavy (non-hydrogen) atoms. The quantitative estimate of drug-likeness (QED) is 0.363. The van der Waals surface area contributed by atoms with Gasteiger partial charge in [0.05, 0.1) is 17.3 Å². The third-order valence-electron chi connectivity index (χ3n) is 6.38. The normalized spacial score (nSPS) is 13.1. The van der Waals surface area contributed by atoms with Crippen molar-refractivity contribution in [2.45, 2.75) is 26.3 Å². The number of aliphatic carboxylic acids is 1. The van der Waals surface area contributed by atoms with Gasteiger partial charge in [-0.2, -0.15) is 4.98 Å². The fourth-order valence-corrected chi connectivity index (χ4v) is 4.19. The molecule has 0 saturated carbocycles. The Morgan fingerprint density at radius 1 is 1.00 bits per heavy atom. The SMILES string of the molecule is CCN(CC)c1ncc(N2C(=O)c3ccccc3C2=O)c(NC(Cc2ccc(OC(=O)N(C)C)cc2)C(=O)O)n1. The van der Waals surface area contributed by atoms with Crippen LogP contribution in [0.15, 0.2) is 54.7 Å². The molecule has 2 heterocycles. The Morgan fingerprint density at radius 2 is 1.60 bits per heavy atom. The lowest BCUT2D eigenvalue weighted by Gasteiger charge is -2.24. The van der Waals surface area contributed by atoms with Gasteiger partial charge in [0.1, 0.15) is 17.5 Å². The maximum Gasteiger partial charge on any atom is 0.414 e. The van der Waals surface area contributed by atoms with Crippen molar-refractivity contribution in [3.8, 4) is 5.75 Å². The largest absolute Gasteiger partial charge is 0.480 e. The Hall–Kier alpha value is -5.00. The van der Waals surface area contributed by atoms with E-state index in [1.165, 1.54) is 11.1 Å². The van der Waals surface area contributed by atoms with Crippen LogP contribution >= 0.6 is 0 Å². The third kappa shape index (κ3) is 5.70. The molecule has 1 atom stereocenters. The predicted octanol–water partition coefficient (Wildman–Crippen LogP) is 3.29. The first kappa shape index (κ1) is 28.0. The van der Waals surface area contributed by atoms with E-state index in [1.54, 1.807) is 62.6 Å². The Morgan fingerprint density at radius 3 is 2.12 bits per heavy atom. The maximum atomic E-state index is 13.2. The zero-order valence-electron chi connectivity index (χ0n) is 22.6. The molecule has 0 bridgehead atoms. The van der Waals surface area contributed by atoms with Gasteiger partial charge in [-0.3, -0.25) is 9.59 Å². The minimum atomic E-state index is -1.18. The van der Waals surface area contributed by atoms with E-state index in [-0.39, 0.29) is 29.1 Å². The Kier molecular flexibility index (Phi) is 8.27. The van der Waals surface area contributed by atoms with Crippen molar-refractivity contribution in [3.05, 3.63) is 71.4 Å². The van der Waals surface area contributed by atoms with E-state index >= 15 is 0 Å². The van der Waals surface area contributed by atoms with Crippen molar-refractivity contribution >= 4 is 41.3 Å². The second-order valence-electron chi connectivity index (χ2n) is 9.21. The van der Waals surface area contributed by atoms with E-state index in [4.69, 9.17) is 4.74 Å². The molecule has 3 amide bonds. The van der Waals surface area contributed by atoms with Crippen LogP contribution in [0, 0.1) is 0 Å². The van der Waals surface area contributed by atoms with Crippen molar-refractivity contribution in [1.29, 1.82) is 0 Å². The number of nitrogens with one attached hydrogen (secondary N) is 1. The number of fused-ring (bicyclic) bond motifs is 1. The first-order chi connectivity index (χ1) is 19.1. The van der Waals surface area contributed by atoms with Crippen LogP contribution in [0.25, 0.3) is 0 Å². The van der Waals surface area contributed by atoms with Crippen molar-refractivity contribution in [2.24, 2.45) is 0 Å². The number of nitrogens with zero attached hydrogens (tertiary/aromatic N) is 5. The summed E-state index contributed by atoms with van der Waals surface area (Å²) >= 11 is 0. The summed E-state index contributed by atoms with van der Waals surface area (Å²) in [6, 6.07) is 11.7. The monoisotopic (exact) mass is 546 g/mol. The highest BCUT2D eigenvalue weighted by molar-refractivity contribution is 6.35. The smallest absolute Gasteiger partial charge is 0.414 e. The number of benzene rings is 2. The number of aromatic nitrogens is 2. The first-order valence-electron chi connectivity index (χ1n) is 12.7. The Labute approximate surface area is 231 Å². The summed E-state index contributed by atoms with van der Waals surface area (Å²) < 4.78 is 5.22. The molecule has 2 N–H and O–H groups in total. The van der Waals surface area contributed by atoms with E-state index < -0.39 is 29.9 Å². The first-order valence-corrected chi connectivity index (χ1v) is 12.7. The summed E-state index contributed by atoms with van der Waals surface area (Å²) in [5, 5.41) is 13.0. The average Bonchev–Trinajstić information content (AvgIpc) is 3.19. The summed E-state index contributed by atoms with van der Waals surface area (Å²) in [6.45, 7) is 5.04. The van der Waals surface area contributed by atoms with Gasteiger partial charge in [0.15, 0.2) is 5.82 Å². The number of carbonyl (C=O) groups excluding carboxylic acids is 3. The second kappa shape index (κ2) is 11.8. The molecule has 1 aliphatic rings. The van der Waals surface area contributed by atoms with Crippen LogP contribution in [0.3, 0.4) is 0 Å². The van der Waals surface area contributed by atoms with Gasteiger partial charge in [0.2, 0.25) is 5.95 Å². The molecule has 208 valence electrons. The van der Waals surface area contributed by atoms with Crippen molar-refractivity contribution in [2.75, 3.05) is 42.3 Å². The molecule has 1 unspecified atom stereocenters. The van der Waals surface area contributed by atoms with Crippen LogP contribution in [0.5, 0.6) is 5.75 Å². The standard InChI is InChI=1S/C28H30N6O6/c1-5-33(6-2)27-29-16-22(34-24(35)19-9-7-8-10-20(19)25(34)36)23(31-27)30-21(26(37)38)15-17-11-13-18(14-12-17)40-28(39)32(3)4/h7-14,16,21H,5-6,15H2,1-4H3,(H,37,38)(H,29,30,31). The van der Waals surface area contributed by atoms with Crippen LogP contribution in [0.4, 0.5) is 22.2 Å². The molecular weight excluding hydrogens is 516 g/mol. The topological polar surface area (TPSA) is 145 Å². The van der Waals surface area contributed by atoms with E-state index in [9.17, 15) is 24.3 Å². The molecule has 1 aliphatic heterocycles. The molecule has 1 aromatic heterocycles. The lowest BCUT2D eigenvalue weighted by molar-refractivity contribution is -0.137. The van der Waals surface area contributed by atoms with E-state index in [0.717, 1.165) is 4.90 Å². The highest BCUT2D eigenvalue weighted by Crippen LogP contribution is 2.33. The molecule has 2 aromatic carbocycles. The fourth-order valence-electron chi connectivity index (χ4n) is 4.19. The number of imide groups is 1. The highest BCUT2D eigenvalue weighted by atomic mass is 16.6. The van der Waals surface area contributed by atoms with Crippen molar-refractivity contribution < 1.29 is 29.0 Å². The van der Waals surface area contributed by atoms with Crippen molar-refractivity contribution in [1.82, 2.24) is 14.9 Å². The van der Waals surface area contributed by atoms with Crippen LogP contribution in [-0.4, -0.2) is 77.1 Å². The van der Waals surface area contributed by atoms with Crippen molar-refractivity contribution in [3.63, 3.8) is 0 Å². The molecule has 4 rings (SSSR count). The predicted molar refractivity (Wildman–Crippen MR) is 148 cm³/mol. The number of anilines is 3. The zero-order valence-corrected chi connectivity index (χ0v) is 22.6. The molecule has 0 saturated heterocycles. The van der Waals surface area contributed by atoms with E-state index in [0.29, 0.717) is 30.4 Å². The number of carboxylic acid groups (broad SMARTS) is 1. The van der Waals surface area contributed by atoms with Gasteiger partial charge >= 0.3 is 12.1 Å². The van der Waals surface area contributed by atoms with Gasteiger partial charge in [0, 0.05) is 33.6 Å². The molecule has 12 nitrogen and oxygen atoms in total. The highest BCUT2D eigenvalue weighted by Gasteiger charge is 2.38. The molecule has 3 aromatic rings. The number of carboxylic acids is 1. The molecular formula is C28H30N6O6. The number of hydrogen-bond acceptors (Lipinski definition) is 9. The number of amides is 3. The molecule has 0 aliphatic carbocycles. The molecule has 0 spiro atoms. The summed E-state index contributed by atoms with van der Waals surface area (Å²) in [7, 11) is 3.13. The average molecular weight is 547 g/mol. The number of rotatable bonds is 10. The lowest BCUT2D eigenvalue weighted by atomic mass is 10.1. The number of carbonyl (C=O) groups is 4. The van der Waals surface area contributed by atoms with Gasteiger partial charge in [-0.25, -0.2) is 19.5 Å². The second-order valence-corrected chi connectivity index (χ2v) is 9.21. The minimum Gasteiger partial charge on any atom is -0.480 e. The fraction of sp³-hybridized carbons (Fsp3) is 0.286. The molecule has 12 heteroatoms. The number of ether oxygens (including phenoxy) is 1. The molecule has 0 fully saturated rings. The van der Waals surface area contributed by atoms with Gasteiger partial charge < -0.3 is 25.0 Å². The van der Waals surface area contributed by atoms with Crippen LogP contribution in [0.2, 0.25) is 0 Å². The van der Waals surface area contributed by atoms with Gasteiger partial charge in [-0.1, -0.05) is 24.3 Å². The van der Waals surface area contributed by atoms with E-state index in [2.05, 4.69) is 15.3 Å². The van der Waals surface area contributed by atoms with Crippen LogP contribution in [-0.2, 0) is 11.2 Å². The lowest BCUT2D eigenvalue weighted by Crippen LogP contribution is -2.36. The van der Waals surface area contributed by atoms with Gasteiger partial charge in [0.25, 0.3) is 11.8 Å². The minimum absolute atomic E-state index is 0.0312. The summed E-state index contributed by atoms with van der Waals surface area (Å²) in [4.78, 5) is 63.6. The third-order valence-corrected chi connectivity index (χ3v) is 6.38. The van der Waals surface area contributed by atoms with Crippen LogP contribution in [0.1, 0.15) is 40.1 Å². The molecule has 0 radical (unpaired) electrons. The Balaban J connectivity index is 1.66. The maximum absolute atomic E-state index is 13.2. The van der Waals surface area contributed by atoms with Gasteiger partial charge in [-0.05, 0) is 43.7 Å². The summed E-state index contributed by atoms with van der Waals surface area (Å²) in [5.41, 5.74) is 1.19. The number of hydrogen-bond donors (Lipinski definition) is 2. The summed E-state index contributed by atoms with van der Waals surface area (Å²) in [6.07, 6.45) is 0.854.